The van der Waals surface area contributed by atoms with Crippen molar-refractivity contribution >= 4 is 23.6 Å². The molecule has 31 heavy (non-hydrogen) atoms. The first-order valence-electron chi connectivity index (χ1n) is 11.2. The zero-order chi connectivity index (χ0) is 21.8. The minimum Gasteiger partial charge on any atom is -0.320 e. The summed E-state index contributed by atoms with van der Waals surface area (Å²) in [6.45, 7) is 2.58. The van der Waals surface area contributed by atoms with Crippen LogP contribution in [0, 0.1) is 5.92 Å². The molecule has 0 spiro atoms. The Hall–Kier alpha value is -2.58. The van der Waals surface area contributed by atoms with E-state index in [1.807, 2.05) is 19.2 Å². The summed E-state index contributed by atoms with van der Waals surface area (Å²) >= 11 is 0. The highest BCUT2D eigenvalue weighted by Crippen LogP contribution is 2.51. The van der Waals surface area contributed by atoms with Crippen molar-refractivity contribution in [1.82, 2.24) is 20.4 Å². The van der Waals surface area contributed by atoms with E-state index in [9.17, 15) is 19.2 Å². The molecule has 6 rings (SSSR count). The van der Waals surface area contributed by atoms with E-state index in [4.69, 9.17) is 0 Å². The Kier molecular flexibility index (Phi) is 4.94. The van der Waals surface area contributed by atoms with Crippen LogP contribution in [0.25, 0.3) is 0 Å². The minimum atomic E-state index is -0.928. The topological polar surface area (TPSA) is 98.8 Å². The monoisotopic (exact) mass is 424 g/mol. The van der Waals surface area contributed by atoms with E-state index in [1.54, 1.807) is 6.07 Å². The fraction of sp³-hybridized carbons (Fsp3) is 0.565. The van der Waals surface area contributed by atoms with E-state index in [1.165, 1.54) is 19.3 Å². The Balaban J connectivity index is 1.42. The van der Waals surface area contributed by atoms with Gasteiger partial charge in [-0.1, -0.05) is 12.1 Å². The van der Waals surface area contributed by atoms with Crippen LogP contribution in [-0.4, -0.2) is 65.1 Å². The SMILES string of the molecule is CNCCC12CC(CCN1Cc1cccc3c1C(=O)N(C1CCC(=O)NC1=O)C3=O)C2. The van der Waals surface area contributed by atoms with Gasteiger partial charge in [0.2, 0.25) is 11.8 Å². The Morgan fingerprint density at radius 1 is 1.13 bits per heavy atom. The van der Waals surface area contributed by atoms with Crippen LogP contribution in [-0.2, 0) is 16.1 Å². The molecular formula is C23H28N4O4. The summed E-state index contributed by atoms with van der Waals surface area (Å²) in [5, 5.41) is 5.51. The maximum atomic E-state index is 13.4. The number of nitrogens with zero attached hydrogens (tertiary/aromatic N) is 2. The molecule has 1 atom stereocenters. The molecule has 8 heteroatoms. The number of amides is 4. The van der Waals surface area contributed by atoms with Gasteiger partial charge < -0.3 is 5.32 Å². The first kappa shape index (κ1) is 20.3. The van der Waals surface area contributed by atoms with Gasteiger partial charge in [0.15, 0.2) is 0 Å². The van der Waals surface area contributed by atoms with Gasteiger partial charge in [-0.25, -0.2) is 0 Å². The van der Waals surface area contributed by atoms with Crippen LogP contribution in [0.4, 0.5) is 0 Å². The predicted octanol–water partition coefficient (Wildman–Crippen LogP) is 1.05. The highest BCUT2D eigenvalue weighted by atomic mass is 16.2. The summed E-state index contributed by atoms with van der Waals surface area (Å²) in [6, 6.07) is 4.48. The quantitative estimate of drug-likeness (QED) is 0.663. The molecule has 1 saturated carbocycles. The average Bonchev–Trinajstić information content (AvgIpc) is 2.98. The second-order valence-electron chi connectivity index (χ2n) is 9.35. The third kappa shape index (κ3) is 3.20. The van der Waals surface area contributed by atoms with Gasteiger partial charge in [0, 0.05) is 18.5 Å². The largest absolute Gasteiger partial charge is 0.320 e. The first-order valence-corrected chi connectivity index (χ1v) is 11.2. The zero-order valence-corrected chi connectivity index (χ0v) is 17.8. The molecule has 3 saturated heterocycles. The van der Waals surface area contributed by atoms with Crippen molar-refractivity contribution in [3.05, 3.63) is 34.9 Å². The number of benzene rings is 1. The van der Waals surface area contributed by atoms with Crippen LogP contribution in [0.3, 0.4) is 0 Å². The van der Waals surface area contributed by atoms with Crippen molar-refractivity contribution in [1.29, 1.82) is 0 Å². The molecule has 0 radical (unpaired) electrons. The van der Waals surface area contributed by atoms with Crippen molar-refractivity contribution in [2.24, 2.45) is 5.92 Å². The molecule has 1 aromatic carbocycles. The molecule has 1 aromatic rings. The van der Waals surface area contributed by atoms with Crippen molar-refractivity contribution < 1.29 is 19.2 Å². The molecule has 4 aliphatic heterocycles. The Bertz CT molecular complexity index is 968. The van der Waals surface area contributed by atoms with Crippen molar-refractivity contribution in [3.63, 3.8) is 0 Å². The summed E-state index contributed by atoms with van der Waals surface area (Å²) in [5.41, 5.74) is 1.80. The standard InChI is InChI=1S/C23H28N4O4/c1-24-9-8-23-11-14(12-23)7-10-26(23)13-15-3-2-4-16-19(15)22(31)27(21(16)30)17-5-6-18(28)25-20(17)29/h2-4,14,17,24H,5-13H2,1H3,(H,25,28,29). The van der Waals surface area contributed by atoms with Gasteiger partial charge in [-0.15, -0.1) is 0 Å². The van der Waals surface area contributed by atoms with Crippen molar-refractivity contribution in [2.45, 2.75) is 56.7 Å². The molecule has 164 valence electrons. The van der Waals surface area contributed by atoms with Crippen molar-refractivity contribution in [3.8, 4) is 0 Å². The fourth-order valence-corrected chi connectivity index (χ4v) is 5.94. The summed E-state index contributed by atoms with van der Waals surface area (Å²) in [5.74, 6) is -0.994. The van der Waals surface area contributed by atoms with E-state index in [0.29, 0.717) is 17.7 Å². The molecular weight excluding hydrogens is 396 g/mol. The van der Waals surface area contributed by atoms with Crippen LogP contribution in [0.1, 0.15) is 64.8 Å². The molecule has 4 fully saturated rings. The van der Waals surface area contributed by atoms with E-state index in [-0.39, 0.29) is 24.3 Å². The molecule has 2 N–H and O–H groups in total. The van der Waals surface area contributed by atoms with Gasteiger partial charge in [-0.3, -0.25) is 34.3 Å². The zero-order valence-electron chi connectivity index (χ0n) is 17.8. The number of hydrogen-bond acceptors (Lipinski definition) is 6. The lowest BCUT2D eigenvalue weighted by Crippen LogP contribution is -2.62. The number of fused-ring (bicyclic) bond motifs is 3. The van der Waals surface area contributed by atoms with Crippen LogP contribution in [0.2, 0.25) is 0 Å². The number of rotatable bonds is 6. The number of piperidine rings is 3. The van der Waals surface area contributed by atoms with Gasteiger partial charge in [-0.2, -0.15) is 0 Å². The lowest BCUT2D eigenvalue weighted by Gasteiger charge is -2.60. The normalized spacial score (nSPS) is 30.3. The van der Waals surface area contributed by atoms with E-state index in [0.717, 1.165) is 35.9 Å². The lowest BCUT2D eigenvalue weighted by atomic mass is 9.61. The van der Waals surface area contributed by atoms with E-state index in [2.05, 4.69) is 15.5 Å². The summed E-state index contributed by atoms with van der Waals surface area (Å²) in [7, 11) is 1.97. The Morgan fingerprint density at radius 3 is 2.68 bits per heavy atom. The predicted molar refractivity (Wildman–Crippen MR) is 112 cm³/mol. The third-order valence-electron chi connectivity index (χ3n) is 7.57. The summed E-state index contributed by atoms with van der Waals surface area (Å²) in [6.07, 6.45) is 4.93. The number of nitrogens with one attached hydrogen (secondary N) is 2. The number of carbonyl (C=O) groups is 4. The van der Waals surface area contributed by atoms with Gasteiger partial charge in [0.05, 0.1) is 11.1 Å². The molecule has 5 aliphatic rings. The Labute approximate surface area is 181 Å². The van der Waals surface area contributed by atoms with Crippen molar-refractivity contribution in [2.75, 3.05) is 20.1 Å². The van der Waals surface area contributed by atoms with Gasteiger partial charge >= 0.3 is 0 Å². The molecule has 8 nitrogen and oxygen atoms in total. The molecule has 1 aliphatic carbocycles. The second-order valence-corrected chi connectivity index (χ2v) is 9.35. The van der Waals surface area contributed by atoms with Crippen LogP contribution in [0.15, 0.2) is 18.2 Å². The maximum Gasteiger partial charge on any atom is 0.262 e. The van der Waals surface area contributed by atoms with Crippen LogP contribution >= 0.6 is 0 Å². The first-order chi connectivity index (χ1) is 14.9. The highest BCUT2D eigenvalue weighted by molar-refractivity contribution is 6.24. The average molecular weight is 425 g/mol. The van der Waals surface area contributed by atoms with Gasteiger partial charge in [0.1, 0.15) is 6.04 Å². The summed E-state index contributed by atoms with van der Waals surface area (Å²) < 4.78 is 0. The minimum absolute atomic E-state index is 0.125. The number of imide groups is 2. The van der Waals surface area contributed by atoms with E-state index >= 15 is 0 Å². The lowest BCUT2D eigenvalue weighted by molar-refractivity contribution is -0.136. The molecule has 4 heterocycles. The van der Waals surface area contributed by atoms with E-state index < -0.39 is 23.8 Å². The van der Waals surface area contributed by atoms with Crippen LogP contribution in [0.5, 0.6) is 0 Å². The highest BCUT2D eigenvalue weighted by Gasteiger charge is 2.52. The summed E-state index contributed by atoms with van der Waals surface area (Å²) in [4.78, 5) is 53.8. The third-order valence-corrected chi connectivity index (χ3v) is 7.57. The Morgan fingerprint density at radius 2 is 1.94 bits per heavy atom. The molecule has 0 aromatic heterocycles. The van der Waals surface area contributed by atoms with Gasteiger partial charge in [-0.05, 0) is 69.8 Å². The smallest absolute Gasteiger partial charge is 0.262 e. The maximum absolute atomic E-state index is 13.4. The fourth-order valence-electron chi connectivity index (χ4n) is 5.94. The number of hydrogen-bond donors (Lipinski definition) is 2. The van der Waals surface area contributed by atoms with Crippen LogP contribution < -0.4 is 10.6 Å². The second kappa shape index (κ2) is 7.53. The molecule has 1 unspecified atom stereocenters. The molecule has 4 amide bonds. The molecule has 2 bridgehead atoms. The number of carbonyl (C=O) groups excluding carboxylic acids is 4. The van der Waals surface area contributed by atoms with Gasteiger partial charge in [0.25, 0.3) is 11.8 Å².